The van der Waals surface area contributed by atoms with E-state index in [9.17, 15) is 39.6 Å². The van der Waals surface area contributed by atoms with Crippen LogP contribution in [0, 0.1) is 0 Å². The van der Waals surface area contributed by atoms with Gasteiger partial charge in [0.2, 0.25) is 0 Å². The molecular weight excluding hydrogens is 560 g/mol. The first-order valence-electron chi connectivity index (χ1n) is 11.6. The fraction of sp³-hybridized carbons (Fsp3) is 0.480. The lowest BCUT2D eigenvalue weighted by Crippen LogP contribution is -2.42. The fourth-order valence-corrected chi connectivity index (χ4v) is 5.36. The average Bonchev–Trinajstić information content (AvgIpc) is 3.01. The first kappa shape index (κ1) is 30.4. The van der Waals surface area contributed by atoms with Crippen LogP contribution in [0.25, 0.3) is 0 Å². The lowest BCUT2D eigenvalue weighted by molar-refractivity contribution is -0.143. The number of halogens is 7. The molecule has 3 rings (SSSR count). The van der Waals surface area contributed by atoms with E-state index >= 15 is 0 Å². The normalized spacial score (nSPS) is 21.2. The minimum Gasteiger partial charge on any atom is -0.307 e. The molecular formula is C25H26ClF6NO4S. The van der Waals surface area contributed by atoms with Crippen molar-refractivity contribution in [1.29, 1.82) is 0 Å². The Kier molecular flexibility index (Phi) is 9.22. The third-order valence-electron chi connectivity index (χ3n) is 6.55. The molecule has 1 aliphatic rings. The minimum atomic E-state index is -5.03. The molecule has 0 aromatic heterocycles. The molecule has 0 spiro atoms. The van der Waals surface area contributed by atoms with Gasteiger partial charge in [-0.15, -0.1) is 0 Å². The number of ketones is 1. The number of carbonyl (C=O) groups is 1. The fourth-order valence-electron chi connectivity index (χ4n) is 4.78. The number of hydrogen-bond donors (Lipinski definition) is 1. The van der Waals surface area contributed by atoms with E-state index in [0.717, 1.165) is 11.8 Å². The lowest BCUT2D eigenvalue weighted by atomic mass is 9.70. The second-order valence-electron chi connectivity index (χ2n) is 9.44. The number of hydrogen-bond acceptors (Lipinski definition) is 5. The van der Waals surface area contributed by atoms with Gasteiger partial charge in [0.25, 0.3) is 10.1 Å². The van der Waals surface area contributed by atoms with Crippen molar-refractivity contribution in [2.75, 3.05) is 19.4 Å². The van der Waals surface area contributed by atoms with E-state index in [2.05, 4.69) is 5.32 Å². The van der Waals surface area contributed by atoms with Crippen LogP contribution in [0.4, 0.5) is 26.3 Å². The van der Waals surface area contributed by atoms with E-state index in [-0.39, 0.29) is 25.5 Å². The zero-order valence-corrected chi connectivity index (χ0v) is 21.8. The molecule has 38 heavy (non-hydrogen) atoms. The molecule has 0 saturated carbocycles. The summed E-state index contributed by atoms with van der Waals surface area (Å²) in [5.74, 6) is -0.588. The van der Waals surface area contributed by atoms with Gasteiger partial charge in [-0.2, -0.15) is 34.8 Å². The first-order chi connectivity index (χ1) is 17.5. The molecule has 1 N–H and O–H groups in total. The molecule has 1 saturated heterocycles. The van der Waals surface area contributed by atoms with Crippen molar-refractivity contribution >= 4 is 27.5 Å². The van der Waals surface area contributed by atoms with Crippen molar-refractivity contribution < 1.29 is 43.7 Å². The smallest absolute Gasteiger partial charge is 0.307 e. The zero-order valence-electron chi connectivity index (χ0n) is 20.3. The van der Waals surface area contributed by atoms with E-state index < -0.39 is 62.8 Å². The number of carbonyl (C=O) groups excluding carboxylic acids is 1. The van der Waals surface area contributed by atoms with Crippen LogP contribution in [-0.4, -0.2) is 39.7 Å². The van der Waals surface area contributed by atoms with Crippen LogP contribution in [0.1, 0.15) is 47.9 Å². The predicted octanol–water partition coefficient (Wildman–Crippen LogP) is 5.94. The summed E-state index contributed by atoms with van der Waals surface area (Å²) in [4.78, 5) is 13.3. The maximum atomic E-state index is 13.3. The van der Waals surface area contributed by atoms with Gasteiger partial charge in [-0.1, -0.05) is 23.7 Å². The number of rotatable bonds is 8. The van der Waals surface area contributed by atoms with Crippen LogP contribution in [0.5, 0.6) is 0 Å². The lowest BCUT2D eigenvalue weighted by Gasteiger charge is -2.35. The van der Waals surface area contributed by atoms with Crippen molar-refractivity contribution in [3.63, 3.8) is 0 Å². The summed E-state index contributed by atoms with van der Waals surface area (Å²) in [7, 11) is -3.75. The number of benzene rings is 2. The Balaban J connectivity index is 1.93. The average molecular weight is 586 g/mol. The van der Waals surface area contributed by atoms with Crippen molar-refractivity contribution in [3.8, 4) is 0 Å². The minimum absolute atomic E-state index is 0.0177. The van der Waals surface area contributed by atoms with Gasteiger partial charge in [-0.05, 0) is 79.1 Å². The Labute approximate surface area is 221 Å². The predicted molar refractivity (Wildman–Crippen MR) is 129 cm³/mol. The summed E-state index contributed by atoms with van der Waals surface area (Å²) in [5.41, 5.74) is -3.45. The van der Waals surface area contributed by atoms with Crippen LogP contribution >= 0.6 is 11.6 Å². The van der Waals surface area contributed by atoms with Crippen molar-refractivity contribution in [2.45, 2.75) is 55.9 Å². The Hall–Kier alpha value is -2.15. The Bertz CT molecular complexity index is 1230. The molecule has 0 aliphatic carbocycles. The highest BCUT2D eigenvalue weighted by molar-refractivity contribution is 7.85. The maximum Gasteiger partial charge on any atom is 0.416 e. The molecule has 0 amide bonds. The summed E-state index contributed by atoms with van der Waals surface area (Å²) < 4.78 is 108. The molecule has 210 valence electrons. The molecule has 1 aliphatic heterocycles. The van der Waals surface area contributed by atoms with E-state index in [1.54, 1.807) is 24.3 Å². The Morgan fingerprint density at radius 2 is 1.71 bits per heavy atom. The molecule has 1 heterocycles. The molecule has 13 heteroatoms. The van der Waals surface area contributed by atoms with Crippen LogP contribution in [0.2, 0.25) is 5.02 Å². The zero-order chi connectivity index (χ0) is 28.4. The molecule has 5 nitrogen and oxygen atoms in total. The van der Waals surface area contributed by atoms with E-state index in [1.165, 1.54) is 0 Å². The second-order valence-corrected chi connectivity index (χ2v) is 11.5. The quantitative estimate of drug-likeness (QED) is 0.307. The number of nitrogens with one attached hydrogen (secondary N) is 1. The highest BCUT2D eigenvalue weighted by Crippen LogP contribution is 2.41. The third-order valence-corrected chi connectivity index (χ3v) is 7.38. The van der Waals surface area contributed by atoms with Crippen LogP contribution in [-0.2, 0) is 43.3 Å². The molecule has 0 bridgehead atoms. The van der Waals surface area contributed by atoms with Gasteiger partial charge in [0.1, 0.15) is 0 Å². The summed E-state index contributed by atoms with van der Waals surface area (Å²) in [6.07, 6.45) is -8.42. The van der Waals surface area contributed by atoms with Crippen molar-refractivity contribution in [2.24, 2.45) is 0 Å². The Morgan fingerprint density at radius 1 is 1.08 bits per heavy atom. The SMILES string of the molecule is CS(=O)(=O)OCCC1(c2cccc(Cl)c2)CCCNC(C(=O)Cc2cc(C(F)(F)F)cc(C(F)(F)F)c2)C1. The topological polar surface area (TPSA) is 72.5 Å². The molecule has 1 fully saturated rings. The van der Waals surface area contributed by atoms with E-state index in [0.29, 0.717) is 36.5 Å². The summed E-state index contributed by atoms with van der Waals surface area (Å²) in [5, 5.41) is 3.46. The van der Waals surface area contributed by atoms with Gasteiger partial charge in [-0.25, -0.2) is 0 Å². The highest BCUT2D eigenvalue weighted by Gasteiger charge is 2.40. The molecule has 2 unspecified atom stereocenters. The second kappa shape index (κ2) is 11.5. The highest BCUT2D eigenvalue weighted by atomic mass is 35.5. The summed E-state index contributed by atoms with van der Waals surface area (Å²) in [6, 6.07) is 7.02. The first-order valence-corrected chi connectivity index (χ1v) is 13.8. The Morgan fingerprint density at radius 3 is 2.26 bits per heavy atom. The molecule has 2 aromatic carbocycles. The van der Waals surface area contributed by atoms with Crippen LogP contribution < -0.4 is 5.32 Å². The maximum absolute atomic E-state index is 13.3. The largest absolute Gasteiger partial charge is 0.416 e. The molecule has 0 radical (unpaired) electrons. The van der Waals surface area contributed by atoms with Crippen LogP contribution in [0.3, 0.4) is 0 Å². The van der Waals surface area contributed by atoms with Gasteiger partial charge in [0, 0.05) is 11.4 Å². The number of Topliss-reactive ketones (excluding diaryl/α,β-unsaturated/α-hetero) is 1. The van der Waals surface area contributed by atoms with E-state index in [1.807, 2.05) is 0 Å². The third kappa shape index (κ3) is 8.17. The monoisotopic (exact) mass is 585 g/mol. The van der Waals surface area contributed by atoms with Gasteiger partial charge in [0.15, 0.2) is 5.78 Å². The summed E-state index contributed by atoms with van der Waals surface area (Å²) >= 11 is 6.19. The number of alkyl halides is 6. The van der Waals surface area contributed by atoms with Gasteiger partial charge in [-0.3, -0.25) is 8.98 Å². The van der Waals surface area contributed by atoms with Gasteiger partial charge >= 0.3 is 12.4 Å². The van der Waals surface area contributed by atoms with Gasteiger partial charge < -0.3 is 5.32 Å². The standard InChI is InChI=1S/C25H26ClF6NO4S/c1-38(35,36)37-9-7-23(17-4-2-5-20(26)14-17)6-3-8-33-21(15-23)22(34)12-16-10-18(24(27,28)29)13-19(11-16)25(30,31)32/h2,4-5,10-11,13-14,21,33H,3,6-9,12,15H2,1H3. The van der Waals surface area contributed by atoms with Crippen LogP contribution in [0.15, 0.2) is 42.5 Å². The van der Waals surface area contributed by atoms with Crippen molar-refractivity contribution in [3.05, 3.63) is 69.7 Å². The molecule has 2 atom stereocenters. The van der Waals surface area contributed by atoms with Crippen molar-refractivity contribution in [1.82, 2.24) is 5.32 Å². The van der Waals surface area contributed by atoms with E-state index in [4.69, 9.17) is 15.8 Å². The summed E-state index contributed by atoms with van der Waals surface area (Å²) in [6.45, 7) is 0.177. The van der Waals surface area contributed by atoms with Gasteiger partial charge in [0.05, 0.1) is 30.0 Å². The molecule has 2 aromatic rings.